The van der Waals surface area contributed by atoms with Crippen LogP contribution >= 0.6 is 7.82 Å². The number of phosphoric acid groups is 1. The minimum absolute atomic E-state index is 0.164. The van der Waals surface area contributed by atoms with Crippen molar-refractivity contribution in [2.24, 2.45) is 0 Å². The van der Waals surface area contributed by atoms with Gasteiger partial charge in [-0.3, -0.25) is 4.79 Å². The van der Waals surface area contributed by atoms with E-state index in [1.165, 1.54) is 154 Å². The van der Waals surface area contributed by atoms with Crippen LogP contribution in [0.2, 0.25) is 0 Å². The molecular formula is C37H79O9P. The molecule has 0 aliphatic carbocycles. The maximum absolute atomic E-state index is 12.1. The lowest BCUT2D eigenvalue weighted by molar-refractivity contribution is -0.154. The molecule has 5 N–H and O–H groups in total. The molecule has 47 heavy (non-hydrogen) atoms. The van der Waals surface area contributed by atoms with E-state index in [-0.39, 0.29) is 19.2 Å². The zero-order chi connectivity index (χ0) is 35.7. The molecule has 1 unspecified atom stereocenters. The Hall–Kier alpha value is -0.540. The number of esters is 1. The molecule has 0 radical (unpaired) electrons. The summed E-state index contributed by atoms with van der Waals surface area (Å²) in [7, 11) is -4.64. The average molecular weight is 699 g/mol. The van der Waals surface area contributed by atoms with Gasteiger partial charge in [-0.05, 0) is 19.8 Å². The van der Waals surface area contributed by atoms with Crippen LogP contribution in [0.1, 0.15) is 201 Å². The zero-order valence-electron chi connectivity index (χ0n) is 31.0. The first-order valence-electron chi connectivity index (χ1n) is 19.4. The van der Waals surface area contributed by atoms with Gasteiger partial charge in [0.2, 0.25) is 0 Å². The van der Waals surface area contributed by atoms with E-state index in [4.69, 9.17) is 33.8 Å². The van der Waals surface area contributed by atoms with Crippen molar-refractivity contribution in [1.29, 1.82) is 0 Å². The zero-order valence-corrected chi connectivity index (χ0v) is 31.9. The Balaban J connectivity index is -0.00000215. The maximum Gasteiger partial charge on any atom is 0.466 e. The smallest absolute Gasteiger partial charge is 0.457 e. The van der Waals surface area contributed by atoms with Crippen LogP contribution < -0.4 is 0 Å². The van der Waals surface area contributed by atoms with Crippen LogP contribution in [0.15, 0.2) is 0 Å². The SMILES string of the molecule is CCCCCCCCCCCCCCCCOCC(CO)OC(=O)CCCCCCCCCCCCCCC.CCO.O=P(O)(O)O. The van der Waals surface area contributed by atoms with Crippen molar-refractivity contribution in [3.05, 3.63) is 0 Å². The first kappa shape index (κ1) is 50.8. The van der Waals surface area contributed by atoms with Crippen molar-refractivity contribution in [1.82, 2.24) is 0 Å². The highest BCUT2D eigenvalue weighted by atomic mass is 31.2. The molecule has 0 rings (SSSR count). The normalized spacial score (nSPS) is 11.7. The lowest BCUT2D eigenvalue weighted by Crippen LogP contribution is -2.27. The number of hydrogen-bond acceptors (Lipinski definition) is 6. The van der Waals surface area contributed by atoms with Crippen molar-refractivity contribution >= 4 is 13.8 Å². The molecule has 0 aromatic rings. The van der Waals surface area contributed by atoms with Crippen molar-refractivity contribution in [2.45, 2.75) is 207 Å². The third-order valence-corrected chi connectivity index (χ3v) is 7.93. The molecule has 0 aromatic carbocycles. The third kappa shape index (κ3) is 58.0. The van der Waals surface area contributed by atoms with Gasteiger partial charge in [-0.2, -0.15) is 0 Å². The lowest BCUT2D eigenvalue weighted by atomic mass is 10.0. The van der Waals surface area contributed by atoms with Crippen LogP contribution in [0.4, 0.5) is 0 Å². The van der Waals surface area contributed by atoms with Gasteiger partial charge in [-0.25, -0.2) is 4.57 Å². The Bertz CT molecular complexity index is 623. The second kappa shape index (κ2) is 43.5. The number of rotatable bonds is 33. The van der Waals surface area contributed by atoms with E-state index in [1.807, 2.05) is 0 Å². The predicted octanol–water partition coefficient (Wildman–Crippen LogP) is 9.94. The summed E-state index contributed by atoms with van der Waals surface area (Å²) in [6, 6.07) is 0. The molecule has 0 aliphatic rings. The summed E-state index contributed by atoms with van der Waals surface area (Å²) in [5, 5.41) is 17.1. The summed E-state index contributed by atoms with van der Waals surface area (Å²) in [6.07, 6.45) is 35.6. The second-order valence-corrected chi connectivity index (χ2v) is 13.8. The van der Waals surface area contributed by atoms with E-state index < -0.39 is 13.9 Å². The van der Waals surface area contributed by atoms with Gasteiger partial charge in [0.1, 0.15) is 6.10 Å². The molecule has 0 bridgehead atoms. The van der Waals surface area contributed by atoms with Gasteiger partial charge in [-0.1, -0.05) is 174 Å². The number of carbonyl (C=O) groups is 1. The van der Waals surface area contributed by atoms with Crippen molar-refractivity contribution < 1.29 is 43.7 Å². The number of unbranched alkanes of at least 4 members (excludes halogenated alkanes) is 25. The fourth-order valence-electron chi connectivity index (χ4n) is 5.27. The molecule has 0 spiro atoms. The van der Waals surface area contributed by atoms with Crippen molar-refractivity contribution in [3.8, 4) is 0 Å². The van der Waals surface area contributed by atoms with Gasteiger partial charge in [0, 0.05) is 19.6 Å². The highest BCUT2D eigenvalue weighted by Gasteiger charge is 2.13. The number of aliphatic hydroxyl groups excluding tert-OH is 2. The van der Waals surface area contributed by atoms with Crippen LogP contribution in [-0.4, -0.2) is 63.4 Å². The number of hydrogen-bond donors (Lipinski definition) is 5. The van der Waals surface area contributed by atoms with Gasteiger partial charge < -0.3 is 34.4 Å². The molecule has 10 heteroatoms. The Morgan fingerprint density at radius 2 is 0.809 bits per heavy atom. The van der Waals surface area contributed by atoms with Crippen LogP contribution in [0.3, 0.4) is 0 Å². The first-order valence-corrected chi connectivity index (χ1v) is 21.0. The van der Waals surface area contributed by atoms with E-state index in [0.717, 1.165) is 19.3 Å². The lowest BCUT2D eigenvalue weighted by Gasteiger charge is -2.16. The first-order chi connectivity index (χ1) is 22.7. The Kier molecular flexibility index (Phi) is 47.0. The van der Waals surface area contributed by atoms with Crippen LogP contribution in [-0.2, 0) is 18.8 Å². The second-order valence-electron chi connectivity index (χ2n) is 12.8. The Morgan fingerprint density at radius 1 is 0.532 bits per heavy atom. The molecular weight excluding hydrogens is 619 g/mol. The van der Waals surface area contributed by atoms with Gasteiger partial charge in [0.15, 0.2) is 0 Å². The maximum atomic E-state index is 12.1. The molecule has 0 aromatic heterocycles. The fraction of sp³-hybridized carbons (Fsp3) is 0.973. The monoisotopic (exact) mass is 699 g/mol. The minimum atomic E-state index is -4.64. The summed E-state index contributed by atoms with van der Waals surface area (Å²) in [5.74, 6) is -0.197. The van der Waals surface area contributed by atoms with Crippen LogP contribution in [0.25, 0.3) is 0 Å². The van der Waals surface area contributed by atoms with Gasteiger partial charge >= 0.3 is 13.8 Å². The largest absolute Gasteiger partial charge is 0.466 e. The molecule has 9 nitrogen and oxygen atoms in total. The van der Waals surface area contributed by atoms with E-state index in [2.05, 4.69) is 13.8 Å². The van der Waals surface area contributed by atoms with Crippen LogP contribution in [0, 0.1) is 0 Å². The quantitative estimate of drug-likeness (QED) is 0.0256. The highest BCUT2D eigenvalue weighted by molar-refractivity contribution is 7.45. The van der Waals surface area contributed by atoms with Crippen molar-refractivity contribution in [3.63, 3.8) is 0 Å². The average Bonchev–Trinajstić information content (AvgIpc) is 3.02. The van der Waals surface area contributed by atoms with E-state index in [9.17, 15) is 9.90 Å². The molecule has 286 valence electrons. The number of aliphatic hydroxyl groups is 2. The topological polar surface area (TPSA) is 154 Å². The molecule has 0 saturated heterocycles. The molecule has 0 fully saturated rings. The summed E-state index contributed by atoms with van der Waals surface area (Å²) >= 11 is 0. The molecule has 1 atom stereocenters. The summed E-state index contributed by atoms with van der Waals surface area (Å²) < 4.78 is 20.0. The van der Waals surface area contributed by atoms with Gasteiger partial charge in [0.25, 0.3) is 0 Å². The highest BCUT2D eigenvalue weighted by Crippen LogP contribution is 2.25. The van der Waals surface area contributed by atoms with Crippen molar-refractivity contribution in [2.75, 3.05) is 26.4 Å². The molecule has 0 aliphatic heterocycles. The summed E-state index contributed by atoms with van der Waals surface area (Å²) in [5.41, 5.74) is 0. The summed E-state index contributed by atoms with van der Waals surface area (Å²) in [4.78, 5) is 33.7. The molecule has 0 saturated carbocycles. The van der Waals surface area contributed by atoms with Gasteiger partial charge in [-0.15, -0.1) is 0 Å². The Morgan fingerprint density at radius 3 is 1.11 bits per heavy atom. The number of ether oxygens (including phenoxy) is 2. The minimum Gasteiger partial charge on any atom is -0.457 e. The standard InChI is InChI=1S/C35H70O4.C2H6O.H3O4P/c1-3-5-7-9-11-13-15-17-19-21-23-25-27-29-31-38-33-34(32-36)39-35(37)30-28-26-24-22-20-18-16-14-12-10-8-6-4-2;1-2-3;1-5(2,3)4/h34,36H,3-33H2,1-2H3;3H,2H2,1H3;(H3,1,2,3,4). The predicted molar refractivity (Wildman–Crippen MR) is 195 cm³/mol. The van der Waals surface area contributed by atoms with E-state index in [1.54, 1.807) is 6.92 Å². The Labute approximate surface area is 290 Å². The molecule has 0 heterocycles. The fourth-order valence-corrected chi connectivity index (χ4v) is 5.27. The van der Waals surface area contributed by atoms with E-state index in [0.29, 0.717) is 19.6 Å². The third-order valence-electron chi connectivity index (χ3n) is 7.93. The summed E-state index contributed by atoms with van der Waals surface area (Å²) in [6.45, 7) is 7.31. The van der Waals surface area contributed by atoms with Crippen LogP contribution in [0.5, 0.6) is 0 Å². The molecule has 0 amide bonds. The van der Waals surface area contributed by atoms with Gasteiger partial charge in [0.05, 0.1) is 13.2 Å². The van der Waals surface area contributed by atoms with E-state index >= 15 is 0 Å². The number of carbonyl (C=O) groups excluding carboxylic acids is 1.